The summed E-state index contributed by atoms with van der Waals surface area (Å²) in [7, 11) is 0. The van der Waals surface area contributed by atoms with Crippen LogP contribution in [0.25, 0.3) is 11.3 Å². The number of hydroxylamine groups is 1. The highest BCUT2D eigenvalue weighted by Crippen LogP contribution is 2.66. The van der Waals surface area contributed by atoms with Gasteiger partial charge in [0.05, 0.1) is 6.20 Å². The Morgan fingerprint density at radius 3 is 2.28 bits per heavy atom. The van der Waals surface area contributed by atoms with Crippen molar-refractivity contribution in [3.63, 3.8) is 0 Å². The van der Waals surface area contributed by atoms with Gasteiger partial charge in [0.15, 0.2) is 12.2 Å². The van der Waals surface area contributed by atoms with E-state index in [-0.39, 0.29) is 0 Å². The van der Waals surface area contributed by atoms with E-state index in [0.717, 1.165) is 11.1 Å². The molecule has 5 nitrogen and oxygen atoms in total. The van der Waals surface area contributed by atoms with Crippen molar-refractivity contribution in [3.05, 3.63) is 78.3 Å². The van der Waals surface area contributed by atoms with Crippen LogP contribution in [0.1, 0.15) is 23.0 Å². The molecule has 1 aliphatic carbocycles. The minimum Gasteiger partial charge on any atom is -0.444 e. The number of nitrogens with zero attached hydrogens (tertiary/aromatic N) is 1. The zero-order valence-corrected chi connectivity index (χ0v) is 13.1. The Morgan fingerprint density at radius 1 is 1.08 bits per heavy atom. The van der Waals surface area contributed by atoms with Crippen LogP contribution in [0.15, 0.2) is 71.6 Å². The third kappa shape index (κ3) is 2.42. The molecule has 2 aromatic carbocycles. The Morgan fingerprint density at radius 2 is 1.72 bits per heavy atom. The molecule has 2 N–H and O–H groups in total. The van der Waals surface area contributed by atoms with Crippen molar-refractivity contribution in [2.75, 3.05) is 0 Å². The zero-order chi connectivity index (χ0) is 17.4. The van der Waals surface area contributed by atoms with Crippen LogP contribution in [0.4, 0.5) is 4.39 Å². The van der Waals surface area contributed by atoms with Crippen molar-refractivity contribution in [2.45, 2.75) is 17.5 Å². The molecule has 1 heterocycles. The van der Waals surface area contributed by atoms with E-state index in [2.05, 4.69) is 4.98 Å². The third-order valence-electron chi connectivity index (χ3n) is 4.72. The molecule has 1 fully saturated rings. The maximum atomic E-state index is 15.4. The van der Waals surface area contributed by atoms with Crippen molar-refractivity contribution in [1.82, 2.24) is 10.5 Å². The van der Waals surface area contributed by atoms with Gasteiger partial charge in [-0.2, -0.15) is 0 Å². The minimum atomic E-state index is -2.18. The summed E-state index contributed by atoms with van der Waals surface area (Å²) in [5.74, 6) is -1.71. The largest absolute Gasteiger partial charge is 0.444 e. The van der Waals surface area contributed by atoms with Crippen molar-refractivity contribution in [3.8, 4) is 11.3 Å². The van der Waals surface area contributed by atoms with E-state index in [4.69, 9.17) is 9.62 Å². The highest BCUT2D eigenvalue weighted by atomic mass is 19.1. The maximum absolute atomic E-state index is 15.4. The normalized spacial score (nSPS) is 24.7. The van der Waals surface area contributed by atoms with Gasteiger partial charge in [0, 0.05) is 17.4 Å². The van der Waals surface area contributed by atoms with Crippen molar-refractivity contribution in [2.24, 2.45) is 0 Å². The van der Waals surface area contributed by atoms with Gasteiger partial charge < -0.3 is 4.42 Å². The summed E-state index contributed by atoms with van der Waals surface area (Å²) >= 11 is 0. The molecule has 6 heteroatoms. The first kappa shape index (κ1) is 15.5. The molecule has 1 saturated carbocycles. The standard InChI is InChI=1S/C19H15FN2O3/c20-19(18(23)22-24)16(13-4-2-1-3-5-13)17(19)14-8-6-12(7-9-14)15-10-21-11-25-15/h1-11,16-17,24H,(H,22,23). The van der Waals surface area contributed by atoms with Gasteiger partial charge in [0.25, 0.3) is 5.91 Å². The van der Waals surface area contributed by atoms with Gasteiger partial charge in [-0.3, -0.25) is 10.0 Å². The van der Waals surface area contributed by atoms with Crippen LogP contribution in [-0.2, 0) is 4.79 Å². The quantitative estimate of drug-likeness (QED) is 0.564. The van der Waals surface area contributed by atoms with Crippen LogP contribution < -0.4 is 5.48 Å². The number of aromatic nitrogens is 1. The monoisotopic (exact) mass is 338 g/mol. The number of benzene rings is 2. The number of nitrogens with one attached hydrogen (secondary N) is 1. The number of hydrogen-bond donors (Lipinski definition) is 2. The molecule has 1 aromatic heterocycles. The second-order valence-electron chi connectivity index (χ2n) is 6.06. The zero-order valence-electron chi connectivity index (χ0n) is 13.1. The summed E-state index contributed by atoms with van der Waals surface area (Å²) in [5, 5.41) is 8.95. The molecule has 0 radical (unpaired) electrons. The number of carbonyl (C=O) groups excluding carboxylic acids is 1. The number of amides is 1. The summed E-state index contributed by atoms with van der Waals surface area (Å²) in [6.07, 6.45) is 2.94. The lowest BCUT2D eigenvalue weighted by Gasteiger charge is -2.06. The van der Waals surface area contributed by atoms with Crippen LogP contribution in [0, 0.1) is 0 Å². The molecule has 0 spiro atoms. The molecule has 4 rings (SSSR count). The summed E-state index contributed by atoms with van der Waals surface area (Å²) in [6.45, 7) is 0. The lowest BCUT2D eigenvalue weighted by molar-refractivity contribution is -0.136. The van der Waals surface area contributed by atoms with Crippen molar-refractivity contribution in [1.29, 1.82) is 0 Å². The number of alkyl halides is 1. The summed E-state index contributed by atoms with van der Waals surface area (Å²) in [4.78, 5) is 15.8. The molecular weight excluding hydrogens is 323 g/mol. The predicted molar refractivity (Wildman–Crippen MR) is 87.6 cm³/mol. The smallest absolute Gasteiger partial charge is 0.282 e. The van der Waals surface area contributed by atoms with Gasteiger partial charge in [-0.05, 0) is 11.1 Å². The third-order valence-corrected chi connectivity index (χ3v) is 4.72. The van der Waals surface area contributed by atoms with Crippen LogP contribution in [-0.4, -0.2) is 21.8 Å². The molecule has 0 bridgehead atoms. The van der Waals surface area contributed by atoms with Crippen molar-refractivity contribution >= 4 is 5.91 Å². The molecule has 1 amide bonds. The molecule has 0 saturated heterocycles. The lowest BCUT2D eigenvalue weighted by Crippen LogP contribution is -2.33. The SMILES string of the molecule is O=C(NO)C1(F)C(c2ccccc2)C1c1ccc(-c2cnco2)cc1. The predicted octanol–water partition coefficient (Wildman–Crippen LogP) is 3.44. The molecule has 3 atom stereocenters. The van der Waals surface area contributed by atoms with E-state index < -0.39 is 23.4 Å². The Bertz CT molecular complexity index is 881. The van der Waals surface area contributed by atoms with E-state index in [1.165, 1.54) is 11.9 Å². The summed E-state index contributed by atoms with van der Waals surface area (Å²) < 4.78 is 20.6. The summed E-state index contributed by atoms with van der Waals surface area (Å²) in [6, 6.07) is 16.1. The fraction of sp³-hybridized carbons (Fsp3) is 0.158. The maximum Gasteiger partial charge on any atom is 0.282 e. The van der Waals surface area contributed by atoms with E-state index in [1.807, 2.05) is 6.07 Å². The average molecular weight is 338 g/mol. The highest BCUT2D eigenvalue weighted by Gasteiger charge is 2.72. The van der Waals surface area contributed by atoms with Gasteiger partial charge >= 0.3 is 0 Å². The Balaban J connectivity index is 1.69. The van der Waals surface area contributed by atoms with Crippen LogP contribution >= 0.6 is 0 Å². The van der Waals surface area contributed by atoms with Gasteiger partial charge in [0.2, 0.25) is 5.67 Å². The first-order chi connectivity index (χ1) is 12.2. The summed E-state index contributed by atoms with van der Waals surface area (Å²) in [5.41, 5.74) is 1.50. The van der Waals surface area contributed by atoms with Crippen molar-refractivity contribution < 1.29 is 18.8 Å². The second-order valence-corrected chi connectivity index (χ2v) is 6.06. The van der Waals surface area contributed by atoms with Crippen LogP contribution in [0.5, 0.6) is 0 Å². The molecule has 0 aliphatic heterocycles. The highest BCUT2D eigenvalue weighted by molar-refractivity contribution is 5.92. The lowest BCUT2D eigenvalue weighted by atomic mass is 10.0. The second kappa shape index (κ2) is 5.82. The molecule has 126 valence electrons. The fourth-order valence-electron chi connectivity index (χ4n) is 3.47. The molecule has 25 heavy (non-hydrogen) atoms. The number of halogens is 1. The number of hydrogen-bond acceptors (Lipinski definition) is 4. The fourth-order valence-corrected chi connectivity index (χ4v) is 3.47. The Labute approximate surface area is 143 Å². The minimum absolute atomic E-state index is 0.613. The molecular formula is C19H15FN2O3. The Hall–Kier alpha value is -2.99. The first-order valence-electron chi connectivity index (χ1n) is 7.83. The molecule has 1 aliphatic rings. The number of carbonyl (C=O) groups is 1. The van der Waals surface area contributed by atoms with Gasteiger partial charge in [-0.15, -0.1) is 0 Å². The van der Waals surface area contributed by atoms with E-state index in [9.17, 15) is 4.79 Å². The van der Waals surface area contributed by atoms with Crippen LogP contribution in [0.2, 0.25) is 0 Å². The van der Waals surface area contributed by atoms with Crippen LogP contribution in [0.3, 0.4) is 0 Å². The van der Waals surface area contributed by atoms with E-state index in [1.54, 1.807) is 54.7 Å². The first-order valence-corrected chi connectivity index (χ1v) is 7.83. The van der Waals surface area contributed by atoms with E-state index >= 15 is 4.39 Å². The Kier molecular flexibility index (Phi) is 3.62. The number of oxazole rings is 1. The topological polar surface area (TPSA) is 75.4 Å². The van der Waals surface area contributed by atoms with Gasteiger partial charge in [-0.25, -0.2) is 14.9 Å². The molecule has 3 unspecified atom stereocenters. The number of rotatable bonds is 4. The van der Waals surface area contributed by atoms with Gasteiger partial charge in [-0.1, -0.05) is 54.6 Å². The average Bonchev–Trinajstić information content (AvgIpc) is 3.02. The van der Waals surface area contributed by atoms with E-state index in [0.29, 0.717) is 11.3 Å². The molecule has 3 aromatic rings. The van der Waals surface area contributed by atoms with Gasteiger partial charge in [0.1, 0.15) is 0 Å².